The number of nitrogens with one attached hydrogen (secondary N) is 1. The summed E-state index contributed by atoms with van der Waals surface area (Å²) in [6.45, 7) is 1.84. The van der Waals surface area contributed by atoms with E-state index >= 15 is 0 Å². The summed E-state index contributed by atoms with van der Waals surface area (Å²) in [7, 11) is 1.78. The highest BCUT2D eigenvalue weighted by atomic mass is 35.5. The number of hydrogen-bond acceptors (Lipinski definition) is 5. The van der Waals surface area contributed by atoms with Gasteiger partial charge in [0.15, 0.2) is 0 Å². The molecule has 1 aliphatic carbocycles. The predicted octanol–water partition coefficient (Wildman–Crippen LogP) is 3.22. The van der Waals surface area contributed by atoms with Crippen molar-refractivity contribution in [2.75, 3.05) is 5.32 Å². The summed E-state index contributed by atoms with van der Waals surface area (Å²) in [5.74, 6) is 1.28. The standard InChI is InChI=1S/C17H23N5O2.2ClH/c1-11-16(20-15(23)9-12-5-3-7-14(12)18)17(22(2)21-11)24-13-6-4-8-19-10-13;;/h4,6,8,10,12,14H,3,5,7,9,18H2,1-2H3,(H,20,23);2*1H/t12-,14+;;/m0../s1. The molecule has 0 aliphatic heterocycles. The first-order valence-electron chi connectivity index (χ1n) is 8.21. The molecule has 3 rings (SSSR count). The summed E-state index contributed by atoms with van der Waals surface area (Å²) in [5.41, 5.74) is 7.36. The molecule has 26 heavy (non-hydrogen) atoms. The van der Waals surface area contributed by atoms with Crippen LogP contribution in [0.4, 0.5) is 5.69 Å². The third kappa shape index (κ3) is 5.09. The van der Waals surface area contributed by atoms with Crippen LogP contribution in [0.5, 0.6) is 11.6 Å². The monoisotopic (exact) mass is 401 g/mol. The molecule has 3 N–H and O–H groups in total. The quantitative estimate of drug-likeness (QED) is 0.801. The van der Waals surface area contributed by atoms with Crippen LogP contribution in [0.25, 0.3) is 0 Å². The summed E-state index contributed by atoms with van der Waals surface area (Å²) in [6.07, 6.45) is 6.83. The Kier molecular flexibility index (Phi) is 8.33. The lowest BCUT2D eigenvalue weighted by Gasteiger charge is -2.15. The van der Waals surface area contributed by atoms with E-state index in [1.54, 1.807) is 36.3 Å². The Balaban J connectivity index is 0.00000169. The zero-order chi connectivity index (χ0) is 17.1. The molecule has 144 valence electrons. The molecule has 0 bridgehead atoms. The summed E-state index contributed by atoms with van der Waals surface area (Å²) in [6, 6.07) is 3.72. The fourth-order valence-corrected chi connectivity index (χ4v) is 3.16. The van der Waals surface area contributed by atoms with Gasteiger partial charge in [-0.2, -0.15) is 5.10 Å². The predicted molar refractivity (Wildman–Crippen MR) is 105 cm³/mol. The van der Waals surface area contributed by atoms with E-state index in [9.17, 15) is 4.79 Å². The van der Waals surface area contributed by atoms with E-state index in [-0.39, 0.29) is 42.7 Å². The van der Waals surface area contributed by atoms with Crippen molar-refractivity contribution >= 4 is 36.4 Å². The number of amides is 1. The van der Waals surface area contributed by atoms with Gasteiger partial charge in [0.2, 0.25) is 11.8 Å². The smallest absolute Gasteiger partial charge is 0.241 e. The van der Waals surface area contributed by atoms with Gasteiger partial charge in [-0.25, -0.2) is 4.68 Å². The summed E-state index contributed by atoms with van der Waals surface area (Å²) in [4.78, 5) is 16.4. The lowest BCUT2D eigenvalue weighted by atomic mass is 10.00. The molecule has 1 amide bonds. The molecule has 7 nitrogen and oxygen atoms in total. The van der Waals surface area contributed by atoms with Gasteiger partial charge in [-0.05, 0) is 37.8 Å². The SMILES string of the molecule is Cc1nn(C)c(Oc2cccnc2)c1NC(=O)C[C@@H]1CCC[C@H]1N.Cl.Cl. The van der Waals surface area contributed by atoms with E-state index in [0.29, 0.717) is 29.4 Å². The van der Waals surface area contributed by atoms with Crippen molar-refractivity contribution in [3.05, 3.63) is 30.2 Å². The average molecular weight is 402 g/mol. The Bertz CT molecular complexity index is 723. The van der Waals surface area contributed by atoms with Crippen LogP contribution in [-0.4, -0.2) is 26.7 Å². The number of pyridine rings is 1. The molecule has 0 saturated heterocycles. The van der Waals surface area contributed by atoms with E-state index in [1.165, 1.54) is 0 Å². The molecule has 0 aromatic carbocycles. The zero-order valence-electron chi connectivity index (χ0n) is 14.8. The minimum absolute atomic E-state index is 0. The molecule has 1 aliphatic rings. The van der Waals surface area contributed by atoms with Crippen molar-refractivity contribution in [2.24, 2.45) is 18.7 Å². The number of carbonyl (C=O) groups excluding carboxylic acids is 1. The lowest BCUT2D eigenvalue weighted by molar-refractivity contribution is -0.117. The van der Waals surface area contributed by atoms with Crippen molar-refractivity contribution in [2.45, 2.75) is 38.6 Å². The van der Waals surface area contributed by atoms with Crippen molar-refractivity contribution in [1.82, 2.24) is 14.8 Å². The molecule has 2 heterocycles. The topological polar surface area (TPSA) is 95.1 Å². The zero-order valence-corrected chi connectivity index (χ0v) is 16.5. The molecule has 1 fully saturated rings. The normalized spacial score (nSPS) is 18.6. The Morgan fingerprint density at radius 2 is 2.19 bits per heavy atom. The number of halogens is 2. The van der Waals surface area contributed by atoms with Gasteiger partial charge in [0.25, 0.3) is 0 Å². The highest BCUT2D eigenvalue weighted by Gasteiger charge is 2.27. The first-order chi connectivity index (χ1) is 11.5. The number of aromatic nitrogens is 3. The van der Waals surface area contributed by atoms with E-state index in [0.717, 1.165) is 19.3 Å². The van der Waals surface area contributed by atoms with Gasteiger partial charge < -0.3 is 15.8 Å². The van der Waals surface area contributed by atoms with Crippen molar-refractivity contribution in [3.8, 4) is 11.6 Å². The van der Waals surface area contributed by atoms with Gasteiger partial charge >= 0.3 is 0 Å². The van der Waals surface area contributed by atoms with E-state index in [2.05, 4.69) is 15.4 Å². The number of ether oxygens (including phenoxy) is 1. The minimum Gasteiger partial charge on any atom is -0.436 e. The second-order valence-corrected chi connectivity index (χ2v) is 6.29. The Morgan fingerprint density at radius 1 is 1.42 bits per heavy atom. The van der Waals surface area contributed by atoms with Crippen LogP contribution in [0.2, 0.25) is 0 Å². The molecule has 2 atom stereocenters. The second kappa shape index (κ2) is 9.75. The first-order valence-corrected chi connectivity index (χ1v) is 8.21. The fourth-order valence-electron chi connectivity index (χ4n) is 3.16. The van der Waals surface area contributed by atoms with Gasteiger partial charge in [-0.15, -0.1) is 24.8 Å². The molecule has 9 heteroatoms. The number of anilines is 1. The van der Waals surface area contributed by atoms with Crippen molar-refractivity contribution in [1.29, 1.82) is 0 Å². The molecule has 0 radical (unpaired) electrons. The van der Waals surface area contributed by atoms with Crippen molar-refractivity contribution < 1.29 is 9.53 Å². The second-order valence-electron chi connectivity index (χ2n) is 6.29. The van der Waals surface area contributed by atoms with Gasteiger partial charge in [0.05, 0.1) is 11.9 Å². The van der Waals surface area contributed by atoms with Crippen LogP contribution in [0.15, 0.2) is 24.5 Å². The third-order valence-electron chi connectivity index (χ3n) is 4.45. The first kappa shape index (κ1) is 22.2. The maximum atomic E-state index is 12.4. The molecular weight excluding hydrogens is 377 g/mol. The van der Waals surface area contributed by atoms with Crippen molar-refractivity contribution in [3.63, 3.8) is 0 Å². The van der Waals surface area contributed by atoms with Crippen LogP contribution in [0, 0.1) is 12.8 Å². The molecule has 0 spiro atoms. The Hall–Kier alpha value is -1.83. The average Bonchev–Trinajstić information content (AvgIpc) is 3.06. The Labute approximate surface area is 165 Å². The summed E-state index contributed by atoms with van der Waals surface area (Å²) in [5, 5.41) is 7.28. The highest BCUT2D eigenvalue weighted by molar-refractivity contribution is 5.93. The maximum Gasteiger partial charge on any atom is 0.241 e. The minimum atomic E-state index is -0.0514. The van der Waals surface area contributed by atoms with Crippen LogP contribution in [0.1, 0.15) is 31.4 Å². The summed E-state index contributed by atoms with van der Waals surface area (Å²) >= 11 is 0. The van der Waals surface area contributed by atoms with E-state index < -0.39 is 0 Å². The van der Waals surface area contributed by atoms with Gasteiger partial charge in [0, 0.05) is 25.7 Å². The molecular formula is C17H25Cl2N5O2. The molecule has 0 unspecified atom stereocenters. The number of nitrogens with zero attached hydrogens (tertiary/aromatic N) is 3. The number of aryl methyl sites for hydroxylation is 2. The highest BCUT2D eigenvalue weighted by Crippen LogP contribution is 2.33. The van der Waals surface area contributed by atoms with Crippen LogP contribution >= 0.6 is 24.8 Å². The van der Waals surface area contributed by atoms with Gasteiger partial charge in [-0.3, -0.25) is 9.78 Å². The number of rotatable bonds is 5. The molecule has 1 saturated carbocycles. The Morgan fingerprint density at radius 3 is 2.81 bits per heavy atom. The number of nitrogens with two attached hydrogens (primary N) is 1. The fraction of sp³-hybridized carbons (Fsp3) is 0.471. The number of carbonyl (C=O) groups is 1. The molecule has 2 aromatic heterocycles. The maximum absolute atomic E-state index is 12.4. The van der Waals surface area contributed by atoms with Crippen LogP contribution < -0.4 is 15.8 Å². The van der Waals surface area contributed by atoms with Gasteiger partial charge in [0.1, 0.15) is 11.4 Å². The largest absolute Gasteiger partial charge is 0.436 e. The van der Waals surface area contributed by atoms with Crippen LogP contribution in [0.3, 0.4) is 0 Å². The lowest BCUT2D eigenvalue weighted by Crippen LogP contribution is -2.28. The van der Waals surface area contributed by atoms with E-state index in [4.69, 9.17) is 10.5 Å². The third-order valence-corrected chi connectivity index (χ3v) is 4.45. The molecule has 2 aromatic rings. The van der Waals surface area contributed by atoms with Crippen LogP contribution in [-0.2, 0) is 11.8 Å². The van der Waals surface area contributed by atoms with E-state index in [1.807, 2.05) is 6.92 Å². The van der Waals surface area contributed by atoms with Gasteiger partial charge in [-0.1, -0.05) is 6.42 Å². The number of hydrogen-bond donors (Lipinski definition) is 2. The summed E-state index contributed by atoms with van der Waals surface area (Å²) < 4.78 is 7.46.